The number of anilines is 1. The molecule has 3 nitrogen and oxygen atoms in total. The Morgan fingerprint density at radius 2 is 2.31 bits per heavy atom. The minimum absolute atomic E-state index is 0.704. The first-order valence-corrected chi connectivity index (χ1v) is 6.24. The highest BCUT2D eigenvalue weighted by atomic mass is 15.2. The summed E-state index contributed by atoms with van der Waals surface area (Å²) >= 11 is 0. The standard InChI is InChI=1S/C13H19N3/c1-10-2-3-12(8-15-10)16-7-5-11-4-6-14-13(11)9-16/h2-3,8,11,13-14H,4-7,9H2,1H3. The number of nitrogens with zero attached hydrogens (tertiary/aromatic N) is 2. The van der Waals surface area contributed by atoms with E-state index in [1.165, 1.54) is 31.6 Å². The first-order chi connectivity index (χ1) is 7.83. The second kappa shape index (κ2) is 4.06. The summed E-state index contributed by atoms with van der Waals surface area (Å²) in [5.41, 5.74) is 2.37. The number of nitrogens with one attached hydrogen (secondary N) is 1. The molecule has 1 aromatic rings. The Kier molecular flexibility index (Phi) is 2.56. The summed E-state index contributed by atoms with van der Waals surface area (Å²) in [5.74, 6) is 0.912. The van der Waals surface area contributed by atoms with Gasteiger partial charge in [0.25, 0.3) is 0 Å². The molecule has 0 amide bonds. The fourth-order valence-corrected chi connectivity index (χ4v) is 2.91. The molecule has 1 N–H and O–H groups in total. The van der Waals surface area contributed by atoms with Crippen LogP contribution in [0.1, 0.15) is 18.5 Å². The van der Waals surface area contributed by atoms with Crippen molar-refractivity contribution in [3.05, 3.63) is 24.0 Å². The molecule has 3 heteroatoms. The lowest BCUT2D eigenvalue weighted by Crippen LogP contribution is -2.46. The van der Waals surface area contributed by atoms with Crippen LogP contribution in [0.2, 0.25) is 0 Å². The van der Waals surface area contributed by atoms with Crippen molar-refractivity contribution in [2.45, 2.75) is 25.8 Å². The summed E-state index contributed by atoms with van der Waals surface area (Å²) in [6.07, 6.45) is 4.70. The van der Waals surface area contributed by atoms with Gasteiger partial charge in [-0.25, -0.2) is 0 Å². The van der Waals surface area contributed by atoms with E-state index in [1.54, 1.807) is 0 Å². The van der Waals surface area contributed by atoms with Gasteiger partial charge in [0.2, 0.25) is 0 Å². The van der Waals surface area contributed by atoms with Crippen molar-refractivity contribution in [1.29, 1.82) is 0 Å². The van der Waals surface area contributed by atoms with Crippen LogP contribution in [0.5, 0.6) is 0 Å². The van der Waals surface area contributed by atoms with Crippen molar-refractivity contribution in [2.24, 2.45) is 5.92 Å². The number of aromatic nitrogens is 1. The third kappa shape index (κ3) is 1.80. The zero-order valence-electron chi connectivity index (χ0n) is 9.82. The van der Waals surface area contributed by atoms with Crippen molar-refractivity contribution < 1.29 is 0 Å². The van der Waals surface area contributed by atoms with Gasteiger partial charge in [-0.05, 0) is 44.4 Å². The molecule has 3 heterocycles. The quantitative estimate of drug-likeness (QED) is 0.774. The zero-order chi connectivity index (χ0) is 11.0. The molecule has 16 heavy (non-hydrogen) atoms. The van der Waals surface area contributed by atoms with Crippen LogP contribution in [0, 0.1) is 12.8 Å². The lowest BCUT2D eigenvalue weighted by atomic mass is 9.92. The highest BCUT2D eigenvalue weighted by Crippen LogP contribution is 2.27. The second-order valence-electron chi connectivity index (χ2n) is 5.00. The van der Waals surface area contributed by atoms with Crippen LogP contribution in [-0.4, -0.2) is 30.7 Å². The van der Waals surface area contributed by atoms with E-state index in [1.807, 2.05) is 13.1 Å². The fourth-order valence-electron chi connectivity index (χ4n) is 2.91. The molecular formula is C13H19N3. The summed E-state index contributed by atoms with van der Waals surface area (Å²) in [6.45, 7) is 5.58. The minimum Gasteiger partial charge on any atom is -0.369 e. The van der Waals surface area contributed by atoms with E-state index in [4.69, 9.17) is 0 Å². The van der Waals surface area contributed by atoms with E-state index < -0.39 is 0 Å². The molecule has 86 valence electrons. The van der Waals surface area contributed by atoms with E-state index in [-0.39, 0.29) is 0 Å². The van der Waals surface area contributed by atoms with Crippen LogP contribution in [0.4, 0.5) is 5.69 Å². The van der Waals surface area contributed by atoms with Gasteiger partial charge in [-0.3, -0.25) is 4.98 Å². The van der Waals surface area contributed by atoms with Crippen LogP contribution in [0.15, 0.2) is 18.3 Å². The highest BCUT2D eigenvalue weighted by molar-refractivity contribution is 5.45. The van der Waals surface area contributed by atoms with Crippen LogP contribution in [0.25, 0.3) is 0 Å². The molecule has 0 radical (unpaired) electrons. The Labute approximate surface area is 96.9 Å². The zero-order valence-corrected chi connectivity index (χ0v) is 9.82. The Morgan fingerprint density at radius 1 is 1.38 bits per heavy atom. The van der Waals surface area contributed by atoms with E-state index in [0.717, 1.165) is 18.2 Å². The van der Waals surface area contributed by atoms with Gasteiger partial charge in [0, 0.05) is 24.8 Å². The Morgan fingerprint density at radius 3 is 3.12 bits per heavy atom. The van der Waals surface area contributed by atoms with Crippen LogP contribution in [0.3, 0.4) is 0 Å². The smallest absolute Gasteiger partial charge is 0.0553 e. The first kappa shape index (κ1) is 10.1. The summed E-state index contributed by atoms with van der Waals surface area (Å²) in [7, 11) is 0. The maximum Gasteiger partial charge on any atom is 0.0553 e. The average molecular weight is 217 g/mol. The SMILES string of the molecule is Cc1ccc(N2CCC3CCNC3C2)cn1. The summed E-state index contributed by atoms with van der Waals surface area (Å²) in [4.78, 5) is 6.84. The van der Waals surface area contributed by atoms with Gasteiger partial charge in [0.15, 0.2) is 0 Å². The predicted octanol–water partition coefficient (Wildman–Crippen LogP) is 1.58. The molecule has 3 rings (SSSR count). The van der Waals surface area contributed by atoms with Gasteiger partial charge >= 0.3 is 0 Å². The molecule has 2 aliphatic rings. The molecule has 0 aromatic carbocycles. The molecule has 2 fully saturated rings. The van der Waals surface area contributed by atoms with E-state index >= 15 is 0 Å². The summed E-state index contributed by atoms with van der Waals surface area (Å²) in [6, 6.07) is 5.00. The van der Waals surface area contributed by atoms with Crippen LogP contribution >= 0.6 is 0 Å². The number of piperidine rings is 1. The lowest BCUT2D eigenvalue weighted by molar-refractivity contribution is 0.373. The molecule has 1 aromatic heterocycles. The number of hydrogen-bond acceptors (Lipinski definition) is 3. The molecule has 0 bridgehead atoms. The maximum absolute atomic E-state index is 4.38. The Balaban J connectivity index is 1.74. The topological polar surface area (TPSA) is 28.2 Å². The van der Waals surface area contributed by atoms with Crippen molar-refractivity contribution in [2.75, 3.05) is 24.5 Å². The minimum atomic E-state index is 0.704. The number of pyridine rings is 1. The maximum atomic E-state index is 4.38. The Bertz CT molecular complexity index is 360. The van der Waals surface area contributed by atoms with Gasteiger partial charge in [-0.15, -0.1) is 0 Å². The second-order valence-corrected chi connectivity index (χ2v) is 5.00. The molecule has 0 spiro atoms. The van der Waals surface area contributed by atoms with E-state index in [2.05, 4.69) is 27.3 Å². The van der Waals surface area contributed by atoms with Crippen molar-refractivity contribution in [3.8, 4) is 0 Å². The number of hydrogen-bond donors (Lipinski definition) is 1. The van der Waals surface area contributed by atoms with E-state index in [9.17, 15) is 0 Å². The molecule has 2 aliphatic heterocycles. The third-order valence-electron chi connectivity index (χ3n) is 3.94. The molecular weight excluding hydrogens is 198 g/mol. The molecule has 0 aliphatic carbocycles. The fraction of sp³-hybridized carbons (Fsp3) is 0.615. The Hall–Kier alpha value is -1.09. The van der Waals surface area contributed by atoms with Gasteiger partial charge in [0.05, 0.1) is 11.9 Å². The van der Waals surface area contributed by atoms with Gasteiger partial charge < -0.3 is 10.2 Å². The van der Waals surface area contributed by atoms with Crippen LogP contribution in [-0.2, 0) is 0 Å². The number of aryl methyl sites for hydroxylation is 1. The molecule has 0 saturated carbocycles. The van der Waals surface area contributed by atoms with Crippen molar-refractivity contribution in [3.63, 3.8) is 0 Å². The van der Waals surface area contributed by atoms with Crippen LogP contribution < -0.4 is 10.2 Å². The highest BCUT2D eigenvalue weighted by Gasteiger charge is 2.32. The normalized spacial score (nSPS) is 29.2. The average Bonchev–Trinajstić information content (AvgIpc) is 2.77. The first-order valence-electron chi connectivity index (χ1n) is 6.24. The van der Waals surface area contributed by atoms with Crippen molar-refractivity contribution in [1.82, 2.24) is 10.3 Å². The number of fused-ring (bicyclic) bond motifs is 1. The largest absolute Gasteiger partial charge is 0.369 e. The molecule has 2 saturated heterocycles. The van der Waals surface area contributed by atoms with E-state index in [0.29, 0.717) is 6.04 Å². The third-order valence-corrected chi connectivity index (χ3v) is 3.94. The summed E-state index contributed by atoms with van der Waals surface area (Å²) in [5, 5.41) is 3.61. The number of rotatable bonds is 1. The summed E-state index contributed by atoms with van der Waals surface area (Å²) < 4.78 is 0. The van der Waals surface area contributed by atoms with Gasteiger partial charge in [0.1, 0.15) is 0 Å². The molecule has 2 unspecified atom stereocenters. The lowest BCUT2D eigenvalue weighted by Gasteiger charge is -2.36. The molecule has 2 atom stereocenters. The predicted molar refractivity (Wildman–Crippen MR) is 65.7 cm³/mol. The van der Waals surface area contributed by atoms with Gasteiger partial charge in [-0.2, -0.15) is 0 Å². The van der Waals surface area contributed by atoms with Gasteiger partial charge in [-0.1, -0.05) is 0 Å². The monoisotopic (exact) mass is 217 g/mol. The van der Waals surface area contributed by atoms with Crippen molar-refractivity contribution >= 4 is 5.69 Å².